The van der Waals surface area contributed by atoms with Crippen LogP contribution in [0.2, 0.25) is 0 Å². The van der Waals surface area contributed by atoms with Gasteiger partial charge < -0.3 is 0 Å². The molecule has 0 saturated carbocycles. The van der Waals surface area contributed by atoms with Crippen molar-refractivity contribution in [3.63, 3.8) is 0 Å². The van der Waals surface area contributed by atoms with E-state index >= 15 is 0 Å². The first-order chi connectivity index (χ1) is 9.81. The first-order valence-corrected chi connectivity index (χ1v) is 6.86. The maximum absolute atomic E-state index is 13.2. The quantitative estimate of drug-likeness (QED) is 0.788. The number of carbonyl (C=O) groups is 1. The molecule has 0 amide bonds. The average molecular weight is 355 g/mol. The molecule has 0 unspecified atom stereocenters. The van der Waals surface area contributed by atoms with Crippen LogP contribution in [0.1, 0.15) is 22.8 Å². The van der Waals surface area contributed by atoms with Gasteiger partial charge in [-0.2, -0.15) is 0 Å². The molecular formula is C14H12BrFN2O3. The summed E-state index contributed by atoms with van der Waals surface area (Å²) in [5.74, 6) is -0.819. The van der Waals surface area contributed by atoms with Crippen LogP contribution in [-0.2, 0) is 13.6 Å². The predicted molar refractivity (Wildman–Crippen MR) is 79.1 cm³/mol. The highest BCUT2D eigenvalue weighted by molar-refractivity contribution is 9.10. The number of halogens is 2. The Balaban J connectivity index is 2.54. The molecule has 110 valence electrons. The Labute approximate surface area is 127 Å². The van der Waals surface area contributed by atoms with E-state index in [9.17, 15) is 18.8 Å². The molecule has 1 aromatic carbocycles. The topological polar surface area (TPSA) is 61.1 Å². The number of carbonyl (C=O) groups excluding carboxylic acids is 1. The molecule has 0 N–H and O–H groups in total. The van der Waals surface area contributed by atoms with Crippen molar-refractivity contribution in [1.29, 1.82) is 0 Å². The SMILES string of the molecule is CC(=O)c1cn(Cc2ccc(F)c(Br)c2)c(=O)n(C)c1=O. The van der Waals surface area contributed by atoms with Gasteiger partial charge in [0.1, 0.15) is 5.82 Å². The molecule has 2 aromatic rings. The van der Waals surface area contributed by atoms with E-state index in [2.05, 4.69) is 15.9 Å². The number of aromatic nitrogens is 2. The van der Waals surface area contributed by atoms with Crippen LogP contribution in [0.4, 0.5) is 4.39 Å². The van der Waals surface area contributed by atoms with Gasteiger partial charge in [-0.1, -0.05) is 6.07 Å². The highest BCUT2D eigenvalue weighted by Gasteiger charge is 2.12. The van der Waals surface area contributed by atoms with Crippen molar-refractivity contribution in [1.82, 2.24) is 9.13 Å². The lowest BCUT2D eigenvalue weighted by atomic mass is 10.2. The fourth-order valence-electron chi connectivity index (χ4n) is 1.92. The number of nitrogens with zero attached hydrogens (tertiary/aromatic N) is 2. The minimum absolute atomic E-state index is 0.0572. The lowest BCUT2D eigenvalue weighted by Crippen LogP contribution is -2.40. The maximum Gasteiger partial charge on any atom is 0.331 e. The van der Waals surface area contributed by atoms with Gasteiger partial charge in [-0.3, -0.25) is 18.7 Å². The smallest absolute Gasteiger partial charge is 0.295 e. The van der Waals surface area contributed by atoms with Crippen molar-refractivity contribution in [2.45, 2.75) is 13.5 Å². The summed E-state index contributed by atoms with van der Waals surface area (Å²) in [5, 5.41) is 0. The Bertz CT molecular complexity index is 839. The number of rotatable bonds is 3. The second-order valence-electron chi connectivity index (χ2n) is 4.62. The summed E-state index contributed by atoms with van der Waals surface area (Å²) in [7, 11) is 1.31. The number of benzene rings is 1. The molecule has 0 radical (unpaired) electrons. The van der Waals surface area contributed by atoms with Crippen LogP contribution in [0.25, 0.3) is 0 Å². The molecule has 0 aliphatic carbocycles. The molecule has 21 heavy (non-hydrogen) atoms. The Morgan fingerprint density at radius 1 is 1.33 bits per heavy atom. The first kappa shape index (κ1) is 15.4. The normalized spacial score (nSPS) is 10.7. The molecule has 0 fully saturated rings. The Morgan fingerprint density at radius 3 is 2.57 bits per heavy atom. The number of ketones is 1. The number of Topliss-reactive ketones (excluding diaryl/α,β-unsaturated/α-hetero) is 1. The summed E-state index contributed by atoms with van der Waals surface area (Å²) in [5.41, 5.74) is -0.550. The molecule has 0 saturated heterocycles. The molecule has 1 aromatic heterocycles. The highest BCUT2D eigenvalue weighted by Crippen LogP contribution is 2.17. The zero-order valence-corrected chi connectivity index (χ0v) is 13.0. The molecule has 0 atom stereocenters. The van der Waals surface area contributed by atoms with Gasteiger partial charge in [-0.25, -0.2) is 9.18 Å². The van der Waals surface area contributed by atoms with Gasteiger partial charge >= 0.3 is 5.69 Å². The third-order valence-electron chi connectivity index (χ3n) is 3.07. The molecule has 0 aliphatic heterocycles. The molecule has 0 aliphatic rings. The number of hydrogen-bond donors (Lipinski definition) is 0. The van der Waals surface area contributed by atoms with Crippen molar-refractivity contribution in [2.24, 2.45) is 7.05 Å². The molecule has 0 spiro atoms. The van der Waals surface area contributed by atoms with Crippen molar-refractivity contribution in [2.75, 3.05) is 0 Å². The monoisotopic (exact) mass is 354 g/mol. The van der Waals surface area contributed by atoms with E-state index in [1.807, 2.05) is 0 Å². The van der Waals surface area contributed by atoms with Crippen LogP contribution < -0.4 is 11.2 Å². The summed E-state index contributed by atoms with van der Waals surface area (Å²) in [6.07, 6.45) is 1.24. The Hall–Kier alpha value is -2.02. The van der Waals surface area contributed by atoms with Crippen LogP contribution in [-0.4, -0.2) is 14.9 Å². The zero-order valence-electron chi connectivity index (χ0n) is 11.4. The lowest BCUT2D eigenvalue weighted by Gasteiger charge is -2.10. The molecule has 2 rings (SSSR count). The van der Waals surface area contributed by atoms with Gasteiger partial charge in [0.2, 0.25) is 0 Å². The van der Waals surface area contributed by atoms with E-state index in [4.69, 9.17) is 0 Å². The molecule has 5 nitrogen and oxygen atoms in total. The van der Waals surface area contributed by atoms with Gasteiger partial charge in [-0.05, 0) is 40.5 Å². The van der Waals surface area contributed by atoms with Gasteiger partial charge in [0.05, 0.1) is 16.6 Å². The third-order valence-corrected chi connectivity index (χ3v) is 3.68. The standard InChI is InChI=1S/C14H12BrFN2O3/c1-8(19)10-7-18(14(21)17(2)13(10)20)6-9-3-4-12(16)11(15)5-9/h3-5,7H,6H2,1-2H3. The van der Waals surface area contributed by atoms with E-state index in [0.29, 0.717) is 5.56 Å². The first-order valence-electron chi connectivity index (χ1n) is 6.06. The van der Waals surface area contributed by atoms with Gasteiger partial charge in [0, 0.05) is 13.2 Å². The van der Waals surface area contributed by atoms with Crippen molar-refractivity contribution >= 4 is 21.7 Å². The van der Waals surface area contributed by atoms with Gasteiger partial charge in [-0.15, -0.1) is 0 Å². The second kappa shape index (κ2) is 5.77. The fourth-order valence-corrected chi connectivity index (χ4v) is 2.34. The minimum atomic E-state index is -0.621. The lowest BCUT2D eigenvalue weighted by molar-refractivity contribution is 0.101. The summed E-state index contributed by atoms with van der Waals surface area (Å²) in [4.78, 5) is 35.3. The predicted octanol–water partition coefficient (Wildman–Crippen LogP) is 1.70. The Morgan fingerprint density at radius 2 is 2.00 bits per heavy atom. The number of hydrogen-bond acceptors (Lipinski definition) is 3. The summed E-state index contributed by atoms with van der Waals surface area (Å²) in [6, 6.07) is 4.35. The van der Waals surface area contributed by atoms with E-state index in [0.717, 1.165) is 4.57 Å². The van der Waals surface area contributed by atoms with Gasteiger partial charge in [0.25, 0.3) is 5.56 Å². The van der Waals surface area contributed by atoms with Crippen LogP contribution in [0.15, 0.2) is 38.5 Å². The summed E-state index contributed by atoms with van der Waals surface area (Å²) < 4.78 is 15.6. The van der Waals surface area contributed by atoms with Gasteiger partial charge in [0.15, 0.2) is 5.78 Å². The van der Waals surface area contributed by atoms with E-state index in [1.165, 1.54) is 36.9 Å². The Kier molecular flexibility index (Phi) is 4.22. The molecule has 7 heteroatoms. The van der Waals surface area contributed by atoms with Crippen LogP contribution in [0.3, 0.4) is 0 Å². The van der Waals surface area contributed by atoms with E-state index in [-0.39, 0.29) is 16.6 Å². The molecule has 1 heterocycles. The minimum Gasteiger partial charge on any atom is -0.295 e. The van der Waals surface area contributed by atoms with Crippen LogP contribution in [0.5, 0.6) is 0 Å². The third kappa shape index (κ3) is 3.02. The summed E-state index contributed by atoms with van der Waals surface area (Å²) >= 11 is 3.07. The second-order valence-corrected chi connectivity index (χ2v) is 5.48. The fraction of sp³-hybridized carbons (Fsp3) is 0.214. The zero-order chi connectivity index (χ0) is 15.7. The summed E-state index contributed by atoms with van der Waals surface area (Å²) in [6.45, 7) is 1.39. The largest absolute Gasteiger partial charge is 0.331 e. The molecular weight excluding hydrogens is 343 g/mol. The molecule has 0 bridgehead atoms. The van der Waals surface area contributed by atoms with Crippen LogP contribution >= 0.6 is 15.9 Å². The van der Waals surface area contributed by atoms with Crippen LogP contribution in [0, 0.1) is 5.82 Å². The van der Waals surface area contributed by atoms with E-state index in [1.54, 1.807) is 6.07 Å². The van der Waals surface area contributed by atoms with Crippen molar-refractivity contribution in [3.05, 3.63) is 66.7 Å². The van der Waals surface area contributed by atoms with E-state index < -0.39 is 22.8 Å². The highest BCUT2D eigenvalue weighted by atomic mass is 79.9. The average Bonchev–Trinajstić information content (AvgIpc) is 2.43. The van der Waals surface area contributed by atoms with Crippen molar-refractivity contribution < 1.29 is 9.18 Å². The maximum atomic E-state index is 13.2. The van der Waals surface area contributed by atoms with Crippen molar-refractivity contribution in [3.8, 4) is 0 Å².